The second kappa shape index (κ2) is 8.39. The molecule has 0 saturated carbocycles. The van der Waals surface area contributed by atoms with Crippen LogP contribution in [-0.2, 0) is 6.54 Å². The average Bonchev–Trinajstić information content (AvgIpc) is 2.28. The lowest BCUT2D eigenvalue weighted by atomic mass is 10.1. The third-order valence-electron chi connectivity index (χ3n) is 2.25. The van der Waals surface area contributed by atoms with Gasteiger partial charge in [0.05, 0.1) is 6.54 Å². The third-order valence-corrected chi connectivity index (χ3v) is 2.25. The zero-order valence-electron chi connectivity index (χ0n) is 12.3. The lowest BCUT2D eigenvalue weighted by Gasteiger charge is -2.23. The molecule has 6 heteroatoms. The molecule has 0 spiro atoms. The molecular formula is C14H22F2IN3. The Morgan fingerprint density at radius 3 is 2.45 bits per heavy atom. The Morgan fingerprint density at radius 1 is 1.25 bits per heavy atom. The molecule has 0 aliphatic heterocycles. The SMILES string of the molecule is CCNC(=NCc1cc(F)ccc1F)NC(C)(C)C.I. The molecule has 0 radical (unpaired) electrons. The quantitative estimate of drug-likeness (QED) is 0.466. The number of hydrogen-bond donors (Lipinski definition) is 2. The van der Waals surface area contributed by atoms with E-state index in [-0.39, 0.29) is 41.6 Å². The van der Waals surface area contributed by atoms with Crippen molar-refractivity contribution in [3.63, 3.8) is 0 Å². The van der Waals surface area contributed by atoms with Crippen LogP contribution in [0.5, 0.6) is 0 Å². The van der Waals surface area contributed by atoms with Crippen LogP contribution in [0.3, 0.4) is 0 Å². The fourth-order valence-electron chi connectivity index (χ4n) is 1.49. The van der Waals surface area contributed by atoms with Gasteiger partial charge in [0.1, 0.15) is 11.6 Å². The number of benzene rings is 1. The molecule has 0 fully saturated rings. The second-order valence-electron chi connectivity index (χ2n) is 5.31. The summed E-state index contributed by atoms with van der Waals surface area (Å²) in [6.45, 7) is 8.75. The van der Waals surface area contributed by atoms with Crippen LogP contribution in [0.1, 0.15) is 33.3 Å². The van der Waals surface area contributed by atoms with Crippen molar-refractivity contribution >= 4 is 29.9 Å². The first-order valence-corrected chi connectivity index (χ1v) is 6.32. The van der Waals surface area contributed by atoms with Crippen molar-refractivity contribution in [2.45, 2.75) is 39.8 Å². The standard InChI is InChI=1S/C14H21F2N3.HI/c1-5-17-13(19-14(2,3)4)18-9-10-8-11(15)6-7-12(10)16;/h6-8H,5,9H2,1-4H3,(H2,17,18,19);1H. The zero-order valence-corrected chi connectivity index (χ0v) is 14.6. The number of hydrogen-bond acceptors (Lipinski definition) is 1. The summed E-state index contributed by atoms with van der Waals surface area (Å²) in [5, 5.41) is 6.25. The molecule has 0 atom stereocenters. The molecule has 3 nitrogen and oxygen atoms in total. The Balaban J connectivity index is 0.00000361. The van der Waals surface area contributed by atoms with Gasteiger partial charge in [-0.3, -0.25) is 0 Å². The molecule has 0 aliphatic carbocycles. The molecule has 1 aromatic carbocycles. The van der Waals surface area contributed by atoms with Crippen LogP contribution in [0.2, 0.25) is 0 Å². The van der Waals surface area contributed by atoms with Gasteiger partial charge in [-0.1, -0.05) is 0 Å². The predicted molar refractivity (Wildman–Crippen MR) is 89.5 cm³/mol. The smallest absolute Gasteiger partial charge is 0.191 e. The maximum absolute atomic E-state index is 13.5. The van der Waals surface area contributed by atoms with E-state index < -0.39 is 11.6 Å². The van der Waals surface area contributed by atoms with Crippen molar-refractivity contribution < 1.29 is 8.78 Å². The Morgan fingerprint density at radius 2 is 1.90 bits per heavy atom. The molecule has 1 aromatic rings. The maximum atomic E-state index is 13.5. The van der Waals surface area contributed by atoms with Crippen LogP contribution >= 0.6 is 24.0 Å². The van der Waals surface area contributed by atoms with Crippen LogP contribution in [0.4, 0.5) is 8.78 Å². The average molecular weight is 397 g/mol. The highest BCUT2D eigenvalue weighted by Crippen LogP contribution is 2.10. The largest absolute Gasteiger partial charge is 0.357 e. The topological polar surface area (TPSA) is 36.4 Å². The van der Waals surface area contributed by atoms with Gasteiger partial charge in [0, 0.05) is 17.6 Å². The van der Waals surface area contributed by atoms with Crippen molar-refractivity contribution in [1.29, 1.82) is 0 Å². The first kappa shape index (κ1) is 19.1. The van der Waals surface area contributed by atoms with E-state index in [0.29, 0.717) is 12.5 Å². The van der Waals surface area contributed by atoms with E-state index in [4.69, 9.17) is 0 Å². The molecule has 0 amide bonds. The van der Waals surface area contributed by atoms with Crippen molar-refractivity contribution in [1.82, 2.24) is 10.6 Å². The summed E-state index contributed by atoms with van der Waals surface area (Å²) in [4.78, 5) is 4.26. The van der Waals surface area contributed by atoms with Gasteiger partial charge in [-0.2, -0.15) is 0 Å². The summed E-state index contributed by atoms with van der Waals surface area (Å²) in [6.07, 6.45) is 0. The van der Waals surface area contributed by atoms with Crippen LogP contribution < -0.4 is 10.6 Å². The number of guanidine groups is 1. The fraction of sp³-hybridized carbons (Fsp3) is 0.500. The van der Waals surface area contributed by atoms with E-state index in [2.05, 4.69) is 15.6 Å². The highest BCUT2D eigenvalue weighted by molar-refractivity contribution is 14.0. The maximum Gasteiger partial charge on any atom is 0.191 e. The highest BCUT2D eigenvalue weighted by atomic mass is 127. The van der Waals surface area contributed by atoms with E-state index in [1.165, 1.54) is 6.07 Å². The van der Waals surface area contributed by atoms with Gasteiger partial charge < -0.3 is 10.6 Å². The molecular weight excluding hydrogens is 375 g/mol. The summed E-state index contributed by atoms with van der Waals surface area (Å²) >= 11 is 0. The van der Waals surface area contributed by atoms with Crippen LogP contribution in [0.15, 0.2) is 23.2 Å². The second-order valence-corrected chi connectivity index (χ2v) is 5.31. The molecule has 1 rings (SSSR count). The molecule has 114 valence electrons. The van der Waals surface area contributed by atoms with Gasteiger partial charge in [-0.25, -0.2) is 13.8 Å². The van der Waals surface area contributed by atoms with E-state index in [1.807, 2.05) is 27.7 Å². The first-order valence-electron chi connectivity index (χ1n) is 6.32. The molecule has 20 heavy (non-hydrogen) atoms. The Hall–Kier alpha value is -0.920. The lowest BCUT2D eigenvalue weighted by Crippen LogP contribution is -2.47. The molecule has 0 saturated heterocycles. The van der Waals surface area contributed by atoms with Crippen LogP contribution in [0, 0.1) is 11.6 Å². The van der Waals surface area contributed by atoms with Crippen molar-refractivity contribution in [2.24, 2.45) is 4.99 Å². The van der Waals surface area contributed by atoms with Crippen molar-refractivity contribution in [2.75, 3.05) is 6.54 Å². The van der Waals surface area contributed by atoms with Gasteiger partial charge in [0.25, 0.3) is 0 Å². The summed E-state index contributed by atoms with van der Waals surface area (Å²) in [5.74, 6) is -0.323. The monoisotopic (exact) mass is 397 g/mol. The lowest BCUT2D eigenvalue weighted by molar-refractivity contribution is 0.501. The van der Waals surface area contributed by atoms with E-state index in [0.717, 1.165) is 12.1 Å². The normalized spacial score (nSPS) is 11.8. The van der Waals surface area contributed by atoms with Gasteiger partial charge in [-0.05, 0) is 45.9 Å². The number of halogens is 3. The Labute approximate surface area is 136 Å². The Kier molecular flexibility index (Phi) is 8.00. The number of rotatable bonds is 3. The summed E-state index contributed by atoms with van der Waals surface area (Å²) < 4.78 is 26.5. The molecule has 0 unspecified atom stereocenters. The molecule has 0 aromatic heterocycles. The minimum atomic E-state index is -0.458. The van der Waals surface area contributed by atoms with Crippen molar-refractivity contribution in [3.05, 3.63) is 35.4 Å². The third kappa shape index (κ3) is 7.02. The molecule has 0 bridgehead atoms. The van der Waals surface area contributed by atoms with E-state index in [1.54, 1.807) is 0 Å². The predicted octanol–water partition coefficient (Wildman–Crippen LogP) is 3.44. The minimum absolute atomic E-state index is 0. The minimum Gasteiger partial charge on any atom is -0.357 e. The van der Waals surface area contributed by atoms with E-state index in [9.17, 15) is 8.78 Å². The highest BCUT2D eigenvalue weighted by Gasteiger charge is 2.12. The Bertz CT molecular complexity index is 456. The summed E-state index contributed by atoms with van der Waals surface area (Å²) in [7, 11) is 0. The van der Waals surface area contributed by atoms with Gasteiger partial charge in [-0.15, -0.1) is 24.0 Å². The van der Waals surface area contributed by atoms with E-state index >= 15 is 0 Å². The number of nitrogens with zero attached hydrogens (tertiary/aromatic N) is 1. The fourth-order valence-corrected chi connectivity index (χ4v) is 1.49. The van der Waals surface area contributed by atoms with Gasteiger partial charge in [0.15, 0.2) is 5.96 Å². The summed E-state index contributed by atoms with van der Waals surface area (Å²) in [6, 6.07) is 3.38. The zero-order chi connectivity index (χ0) is 14.5. The summed E-state index contributed by atoms with van der Waals surface area (Å²) in [5.41, 5.74) is 0.0905. The van der Waals surface area contributed by atoms with Crippen LogP contribution in [-0.4, -0.2) is 18.0 Å². The van der Waals surface area contributed by atoms with Crippen LogP contribution in [0.25, 0.3) is 0 Å². The number of aliphatic imine (C=N–C) groups is 1. The molecule has 0 aliphatic rings. The number of nitrogens with one attached hydrogen (secondary N) is 2. The molecule has 2 N–H and O–H groups in total. The first-order chi connectivity index (χ1) is 8.81. The van der Waals surface area contributed by atoms with Gasteiger partial charge >= 0.3 is 0 Å². The van der Waals surface area contributed by atoms with Gasteiger partial charge in [0.2, 0.25) is 0 Å². The van der Waals surface area contributed by atoms with Crippen molar-refractivity contribution in [3.8, 4) is 0 Å². The molecule has 0 heterocycles.